The fraction of sp³-hybridized carbons (Fsp3) is 0.667. The van der Waals surface area contributed by atoms with Gasteiger partial charge in [0.2, 0.25) is 0 Å². The van der Waals surface area contributed by atoms with Gasteiger partial charge in [-0.05, 0) is 33.3 Å². The van der Waals surface area contributed by atoms with Crippen LogP contribution in [0.25, 0.3) is 0 Å². The third-order valence-electron chi connectivity index (χ3n) is 6.57. The maximum Gasteiger partial charge on any atom is 0.303 e. The van der Waals surface area contributed by atoms with Crippen molar-refractivity contribution in [2.24, 2.45) is 0 Å². The number of rotatable bonds is 9. The van der Waals surface area contributed by atoms with Crippen molar-refractivity contribution in [2.45, 2.75) is 108 Å². The molecule has 3 aliphatic heterocycles. The van der Waals surface area contributed by atoms with E-state index in [9.17, 15) is 9.90 Å². The summed E-state index contributed by atoms with van der Waals surface area (Å²) in [6.07, 6.45) is -6.26. The molecule has 0 bridgehead atoms. The summed E-state index contributed by atoms with van der Waals surface area (Å²) in [5, 5.41) is 11.1. The molecular formula is C27H38O10. The van der Waals surface area contributed by atoms with Crippen molar-refractivity contribution in [3.05, 3.63) is 48.6 Å². The third-order valence-corrected chi connectivity index (χ3v) is 6.57. The first-order valence-electron chi connectivity index (χ1n) is 12.6. The summed E-state index contributed by atoms with van der Waals surface area (Å²) in [5.41, 5.74) is 1.02. The highest BCUT2D eigenvalue weighted by Crippen LogP contribution is 2.40. The van der Waals surface area contributed by atoms with Crippen molar-refractivity contribution in [1.29, 1.82) is 0 Å². The first kappa shape index (κ1) is 28.1. The van der Waals surface area contributed by atoms with Gasteiger partial charge in [0, 0.05) is 6.92 Å². The Bertz CT molecular complexity index is 908. The normalized spacial score (nSPS) is 39.1. The van der Waals surface area contributed by atoms with E-state index < -0.39 is 73.2 Å². The summed E-state index contributed by atoms with van der Waals surface area (Å²) in [5.74, 6) is -1.44. The second kappa shape index (κ2) is 11.9. The average Bonchev–Trinajstić information content (AvgIpc) is 3.17. The molecule has 0 amide bonds. The molecule has 0 radical (unpaired) electrons. The Morgan fingerprint density at radius 1 is 1.00 bits per heavy atom. The van der Waals surface area contributed by atoms with Gasteiger partial charge in [-0.3, -0.25) is 4.79 Å². The van der Waals surface area contributed by atoms with Gasteiger partial charge in [-0.2, -0.15) is 0 Å². The van der Waals surface area contributed by atoms with Crippen LogP contribution in [0.3, 0.4) is 0 Å². The van der Waals surface area contributed by atoms with Gasteiger partial charge in [0.1, 0.15) is 30.5 Å². The largest absolute Gasteiger partial charge is 0.457 e. The Hall–Kier alpha value is -1.89. The number of aliphatic hydroxyl groups excluding tert-OH is 1. The molecule has 3 aliphatic rings. The van der Waals surface area contributed by atoms with Crippen LogP contribution in [-0.2, 0) is 49.3 Å². The summed E-state index contributed by atoms with van der Waals surface area (Å²) in [6.45, 7) is 12.7. The predicted molar refractivity (Wildman–Crippen MR) is 130 cm³/mol. The molecule has 1 N–H and O–H groups in total. The van der Waals surface area contributed by atoms with E-state index >= 15 is 0 Å². The minimum Gasteiger partial charge on any atom is -0.457 e. The molecule has 3 saturated heterocycles. The fourth-order valence-corrected chi connectivity index (χ4v) is 4.98. The highest BCUT2D eigenvalue weighted by molar-refractivity contribution is 5.66. The van der Waals surface area contributed by atoms with E-state index in [1.807, 2.05) is 51.1 Å². The van der Waals surface area contributed by atoms with E-state index in [1.54, 1.807) is 13.0 Å². The second-order valence-corrected chi connectivity index (χ2v) is 10.0. The third kappa shape index (κ3) is 6.58. The maximum atomic E-state index is 11.9. The van der Waals surface area contributed by atoms with Crippen molar-refractivity contribution in [3.63, 3.8) is 0 Å². The van der Waals surface area contributed by atoms with Crippen LogP contribution in [0, 0.1) is 0 Å². The zero-order valence-corrected chi connectivity index (χ0v) is 22.0. The molecule has 0 unspecified atom stereocenters. The minimum absolute atomic E-state index is 0.159. The molecule has 1 aromatic rings. The van der Waals surface area contributed by atoms with Gasteiger partial charge < -0.3 is 43.0 Å². The van der Waals surface area contributed by atoms with Gasteiger partial charge in [-0.15, -0.1) is 6.58 Å². The number of hydrogen-bond donors (Lipinski definition) is 1. The molecule has 0 aromatic heterocycles. The number of carbonyl (C=O) groups is 1. The van der Waals surface area contributed by atoms with E-state index in [1.165, 1.54) is 6.92 Å². The maximum absolute atomic E-state index is 11.9. The van der Waals surface area contributed by atoms with Crippen molar-refractivity contribution < 1.29 is 47.8 Å². The van der Waals surface area contributed by atoms with Crippen LogP contribution >= 0.6 is 0 Å². The number of aliphatic hydroxyl groups is 1. The Balaban J connectivity index is 1.53. The first-order valence-corrected chi connectivity index (χ1v) is 12.6. The number of fused-ring (bicyclic) bond motifs is 1. The van der Waals surface area contributed by atoms with E-state index in [4.69, 9.17) is 37.9 Å². The van der Waals surface area contributed by atoms with E-state index in [-0.39, 0.29) is 6.61 Å². The van der Waals surface area contributed by atoms with Gasteiger partial charge in [-0.25, -0.2) is 0 Å². The van der Waals surface area contributed by atoms with Crippen LogP contribution in [0.5, 0.6) is 0 Å². The summed E-state index contributed by atoms with van der Waals surface area (Å²) >= 11 is 0. The molecule has 1 aromatic carbocycles. The molecule has 0 spiro atoms. The molecule has 3 fully saturated rings. The van der Waals surface area contributed by atoms with Gasteiger partial charge in [0.15, 0.2) is 24.5 Å². The zero-order chi connectivity index (χ0) is 26.7. The number of benzene rings is 1. The second-order valence-electron chi connectivity index (χ2n) is 10.0. The van der Waals surface area contributed by atoms with Crippen LogP contribution in [0.2, 0.25) is 0 Å². The number of ether oxygens (including phenoxy) is 8. The summed E-state index contributed by atoms with van der Waals surface area (Å²) in [6, 6.07) is 9.83. The monoisotopic (exact) mass is 522 g/mol. The van der Waals surface area contributed by atoms with Gasteiger partial charge in [0.05, 0.1) is 25.4 Å². The van der Waals surface area contributed by atoms with Crippen molar-refractivity contribution in [3.8, 4) is 0 Å². The molecule has 206 valence electrons. The molecule has 3 heterocycles. The lowest BCUT2D eigenvalue weighted by atomic mass is 9.97. The highest BCUT2D eigenvalue weighted by Gasteiger charge is 2.57. The quantitative estimate of drug-likeness (QED) is 0.384. The summed E-state index contributed by atoms with van der Waals surface area (Å²) in [4.78, 5) is 11.9. The topological polar surface area (TPSA) is 111 Å². The minimum atomic E-state index is -1.28. The Morgan fingerprint density at radius 2 is 1.65 bits per heavy atom. The molecule has 10 nitrogen and oxygen atoms in total. The van der Waals surface area contributed by atoms with Crippen LogP contribution < -0.4 is 0 Å². The van der Waals surface area contributed by atoms with Crippen LogP contribution in [0.1, 0.15) is 40.2 Å². The molecule has 10 heteroatoms. The molecule has 0 aliphatic carbocycles. The van der Waals surface area contributed by atoms with Crippen LogP contribution in [0.15, 0.2) is 43.0 Å². The Labute approximate surface area is 217 Å². The smallest absolute Gasteiger partial charge is 0.303 e. The first-order chi connectivity index (χ1) is 17.6. The zero-order valence-electron chi connectivity index (χ0n) is 22.0. The summed E-state index contributed by atoms with van der Waals surface area (Å²) in [7, 11) is 0. The van der Waals surface area contributed by atoms with Crippen LogP contribution in [0.4, 0.5) is 0 Å². The molecule has 10 atom stereocenters. The Morgan fingerprint density at radius 3 is 2.32 bits per heavy atom. The standard InChI is InChI=1S/C27H38O10/c1-7-13-30-25-19(29)22(21(16(3)32-25)34-17(4)28)35-26-24-23(36-27(5,6)37-24)20(15(2)33-26)31-14-18-11-9-8-10-12-18/h7-12,15-16,19-26,29H,1,13-14H2,2-6H3/t15-,16+,19+,20-,21-,22+,23+,24+,25-,26-/m0/s1. The number of esters is 1. The SMILES string of the molecule is C=CCO[C@H]1O[C@H](C)[C@H](OC(C)=O)[C@H](O[C@@H]2O[C@@H](C)[C@H](OCc3ccccc3)[C@H]3OC(C)(C)O[C@@H]23)[C@H]1O. The van der Waals surface area contributed by atoms with Crippen molar-refractivity contribution in [1.82, 2.24) is 0 Å². The fourth-order valence-electron chi connectivity index (χ4n) is 4.98. The lowest BCUT2D eigenvalue weighted by Crippen LogP contribution is -2.63. The van der Waals surface area contributed by atoms with Gasteiger partial charge in [0.25, 0.3) is 0 Å². The van der Waals surface area contributed by atoms with Crippen LogP contribution in [-0.4, -0.2) is 84.9 Å². The molecule has 37 heavy (non-hydrogen) atoms. The van der Waals surface area contributed by atoms with Crippen molar-refractivity contribution in [2.75, 3.05) is 6.61 Å². The van der Waals surface area contributed by atoms with Gasteiger partial charge >= 0.3 is 5.97 Å². The molecule has 4 rings (SSSR count). The lowest BCUT2D eigenvalue weighted by molar-refractivity contribution is -0.348. The predicted octanol–water partition coefficient (Wildman–Crippen LogP) is 2.46. The molecule has 0 saturated carbocycles. The Kier molecular flexibility index (Phi) is 9.03. The van der Waals surface area contributed by atoms with E-state index in [0.717, 1.165) is 5.56 Å². The van der Waals surface area contributed by atoms with E-state index in [0.29, 0.717) is 6.61 Å². The molecular weight excluding hydrogens is 484 g/mol. The number of carbonyl (C=O) groups excluding carboxylic acids is 1. The lowest BCUT2D eigenvalue weighted by Gasteiger charge is -2.46. The van der Waals surface area contributed by atoms with Gasteiger partial charge in [-0.1, -0.05) is 36.4 Å². The average molecular weight is 523 g/mol. The van der Waals surface area contributed by atoms with Crippen molar-refractivity contribution >= 4 is 5.97 Å². The summed E-state index contributed by atoms with van der Waals surface area (Å²) < 4.78 is 48.1. The number of hydrogen-bond acceptors (Lipinski definition) is 10. The van der Waals surface area contributed by atoms with E-state index in [2.05, 4.69) is 6.58 Å². The highest BCUT2D eigenvalue weighted by atomic mass is 16.8.